The number of nitrogens with zero attached hydrogens (tertiary/aromatic N) is 1. The van der Waals surface area contributed by atoms with Crippen molar-refractivity contribution in [3.63, 3.8) is 0 Å². The van der Waals surface area contributed by atoms with Gasteiger partial charge in [-0.1, -0.05) is 31.4 Å². The zero-order valence-electron chi connectivity index (χ0n) is 16.9. The first-order chi connectivity index (χ1) is 14.1. The van der Waals surface area contributed by atoms with Gasteiger partial charge in [0.2, 0.25) is 10.0 Å². The molecule has 0 N–H and O–H groups in total. The maximum absolute atomic E-state index is 13.6. The molecule has 4 rings (SSSR count). The van der Waals surface area contributed by atoms with Crippen LogP contribution in [-0.4, -0.2) is 64.7 Å². The Morgan fingerprint density at radius 3 is 1.67 bits per heavy atom. The van der Waals surface area contributed by atoms with Gasteiger partial charge in [-0.2, -0.15) is 4.31 Å². The van der Waals surface area contributed by atoms with Gasteiger partial charge in [0.15, 0.2) is 19.7 Å². The van der Waals surface area contributed by atoms with Crippen molar-refractivity contribution in [2.45, 2.75) is 67.8 Å². The molecule has 30 heavy (non-hydrogen) atoms. The highest BCUT2D eigenvalue weighted by atomic mass is 32.2. The van der Waals surface area contributed by atoms with Crippen LogP contribution in [0.3, 0.4) is 0 Å². The van der Waals surface area contributed by atoms with E-state index >= 15 is 0 Å². The summed E-state index contributed by atoms with van der Waals surface area (Å²) < 4.78 is 76.4. The fraction of sp³-hybridized carbons (Fsp3) is 0.700. The fourth-order valence-electron chi connectivity index (χ4n) is 5.11. The SMILES string of the molecule is O=S1(=O)CC[C@@H](N([C@@H]2CCS(=O)(=O)C2)S(=O)(=O)c2ccc(C3CCCCC3)cc2)C1. The Labute approximate surface area is 179 Å². The Balaban J connectivity index is 1.65. The largest absolute Gasteiger partial charge is 0.243 e. The van der Waals surface area contributed by atoms with Crippen molar-refractivity contribution in [1.29, 1.82) is 0 Å². The molecule has 10 heteroatoms. The van der Waals surface area contributed by atoms with E-state index < -0.39 is 41.8 Å². The number of hydrogen-bond donors (Lipinski definition) is 0. The molecule has 0 bridgehead atoms. The minimum Gasteiger partial charge on any atom is -0.229 e. The number of benzene rings is 1. The second kappa shape index (κ2) is 8.18. The van der Waals surface area contributed by atoms with Crippen molar-refractivity contribution < 1.29 is 25.3 Å². The quantitative estimate of drug-likeness (QED) is 0.646. The molecule has 0 amide bonds. The van der Waals surface area contributed by atoms with Crippen LogP contribution < -0.4 is 0 Å². The summed E-state index contributed by atoms with van der Waals surface area (Å²) in [5.41, 5.74) is 1.13. The Bertz CT molecular complexity index is 1040. The molecule has 2 heterocycles. The minimum atomic E-state index is -4.01. The molecule has 1 aliphatic carbocycles. The van der Waals surface area contributed by atoms with Gasteiger partial charge in [0.25, 0.3) is 0 Å². The van der Waals surface area contributed by atoms with Crippen LogP contribution in [-0.2, 0) is 29.7 Å². The molecule has 0 spiro atoms. The monoisotopic (exact) mass is 475 g/mol. The fourth-order valence-corrected chi connectivity index (χ4v) is 10.6. The van der Waals surface area contributed by atoms with E-state index in [1.807, 2.05) is 12.1 Å². The van der Waals surface area contributed by atoms with Gasteiger partial charge in [0.05, 0.1) is 27.9 Å². The lowest BCUT2D eigenvalue weighted by Crippen LogP contribution is -2.48. The van der Waals surface area contributed by atoms with E-state index in [4.69, 9.17) is 0 Å². The third kappa shape index (κ3) is 4.61. The minimum absolute atomic E-state index is 0.0657. The average Bonchev–Trinajstić information content (AvgIpc) is 3.23. The summed E-state index contributed by atoms with van der Waals surface area (Å²) in [6.07, 6.45) is 6.24. The van der Waals surface area contributed by atoms with Gasteiger partial charge in [-0.05, 0) is 49.3 Å². The standard InChI is InChI=1S/C20H29NO6S3/c22-28(23)12-10-18(14-28)21(19-11-13-29(24,25)15-19)30(26,27)20-8-6-17(7-9-20)16-4-2-1-3-5-16/h6-9,16,18-19H,1-5,10-15H2/t18-,19-/m1/s1. The Morgan fingerprint density at radius 2 is 1.23 bits per heavy atom. The van der Waals surface area contributed by atoms with E-state index in [2.05, 4.69) is 0 Å². The molecule has 2 saturated heterocycles. The maximum atomic E-state index is 13.6. The molecule has 0 radical (unpaired) electrons. The summed E-state index contributed by atoms with van der Waals surface area (Å²) in [7, 11) is -10.6. The molecule has 2 atom stereocenters. The van der Waals surface area contributed by atoms with E-state index in [9.17, 15) is 25.3 Å². The van der Waals surface area contributed by atoms with E-state index in [1.165, 1.54) is 23.6 Å². The van der Waals surface area contributed by atoms with Gasteiger partial charge in [-0.15, -0.1) is 0 Å². The molecular weight excluding hydrogens is 446 g/mol. The molecule has 168 valence electrons. The summed E-state index contributed by atoms with van der Waals surface area (Å²) >= 11 is 0. The Kier molecular flexibility index (Phi) is 6.06. The zero-order chi connectivity index (χ0) is 21.6. The van der Waals surface area contributed by atoms with Crippen LogP contribution in [0.5, 0.6) is 0 Å². The molecule has 2 aliphatic heterocycles. The summed E-state index contributed by atoms with van der Waals surface area (Å²) in [5.74, 6) is -0.175. The van der Waals surface area contributed by atoms with Gasteiger partial charge < -0.3 is 0 Å². The molecule has 7 nitrogen and oxygen atoms in total. The molecule has 0 unspecified atom stereocenters. The summed E-state index contributed by atoms with van der Waals surface area (Å²) in [4.78, 5) is 0.107. The number of rotatable bonds is 5. The first kappa shape index (κ1) is 22.2. The van der Waals surface area contributed by atoms with Crippen molar-refractivity contribution in [2.75, 3.05) is 23.0 Å². The van der Waals surface area contributed by atoms with Gasteiger partial charge in [0, 0.05) is 12.1 Å². The van der Waals surface area contributed by atoms with Gasteiger partial charge >= 0.3 is 0 Å². The van der Waals surface area contributed by atoms with E-state index in [0.29, 0.717) is 5.92 Å². The maximum Gasteiger partial charge on any atom is 0.243 e. The molecule has 3 aliphatic rings. The molecule has 0 aromatic heterocycles. The number of hydrogen-bond acceptors (Lipinski definition) is 6. The normalized spacial score (nSPS) is 29.4. The van der Waals surface area contributed by atoms with Crippen molar-refractivity contribution in [1.82, 2.24) is 4.31 Å². The summed E-state index contributed by atoms with van der Waals surface area (Å²) in [6, 6.07) is 5.49. The lowest BCUT2D eigenvalue weighted by Gasteiger charge is -2.32. The van der Waals surface area contributed by atoms with Crippen LogP contribution in [0.1, 0.15) is 56.4 Å². The lowest BCUT2D eigenvalue weighted by molar-refractivity contribution is 0.280. The van der Waals surface area contributed by atoms with Gasteiger partial charge in [-0.25, -0.2) is 25.3 Å². The molecule has 1 aromatic carbocycles. The molecule has 1 aromatic rings. The van der Waals surface area contributed by atoms with Crippen LogP contribution >= 0.6 is 0 Å². The van der Waals surface area contributed by atoms with Crippen molar-refractivity contribution >= 4 is 29.7 Å². The van der Waals surface area contributed by atoms with Crippen LogP contribution in [0.15, 0.2) is 29.2 Å². The van der Waals surface area contributed by atoms with E-state index in [0.717, 1.165) is 18.4 Å². The topological polar surface area (TPSA) is 106 Å². The van der Waals surface area contributed by atoms with Crippen LogP contribution in [0, 0.1) is 0 Å². The van der Waals surface area contributed by atoms with Crippen LogP contribution in [0.4, 0.5) is 0 Å². The first-order valence-electron chi connectivity index (χ1n) is 10.6. The molecule has 3 fully saturated rings. The van der Waals surface area contributed by atoms with Crippen molar-refractivity contribution in [3.8, 4) is 0 Å². The van der Waals surface area contributed by atoms with Crippen LogP contribution in [0.25, 0.3) is 0 Å². The number of sulfonamides is 1. The number of sulfone groups is 2. The predicted octanol–water partition coefficient (Wildman–Crippen LogP) is 2.10. The molecular formula is C20H29NO6S3. The Hall–Kier alpha value is -0.970. The van der Waals surface area contributed by atoms with Gasteiger partial charge in [-0.3, -0.25) is 0 Å². The van der Waals surface area contributed by atoms with Crippen molar-refractivity contribution in [3.05, 3.63) is 29.8 Å². The summed E-state index contributed by atoms with van der Waals surface area (Å²) in [5, 5.41) is 0. The average molecular weight is 476 g/mol. The van der Waals surface area contributed by atoms with Crippen molar-refractivity contribution in [2.24, 2.45) is 0 Å². The zero-order valence-corrected chi connectivity index (χ0v) is 19.4. The summed E-state index contributed by atoms with van der Waals surface area (Å²) in [6.45, 7) is 0. The molecule has 1 saturated carbocycles. The third-order valence-electron chi connectivity index (χ3n) is 6.67. The highest BCUT2D eigenvalue weighted by Crippen LogP contribution is 2.35. The first-order valence-corrected chi connectivity index (χ1v) is 15.7. The smallest absolute Gasteiger partial charge is 0.229 e. The predicted molar refractivity (Wildman–Crippen MR) is 115 cm³/mol. The second-order valence-electron chi connectivity index (χ2n) is 8.85. The van der Waals surface area contributed by atoms with E-state index in [-0.39, 0.29) is 40.7 Å². The van der Waals surface area contributed by atoms with Crippen LogP contribution in [0.2, 0.25) is 0 Å². The highest BCUT2D eigenvalue weighted by molar-refractivity contribution is 7.92. The van der Waals surface area contributed by atoms with Gasteiger partial charge in [0.1, 0.15) is 0 Å². The van der Waals surface area contributed by atoms with E-state index in [1.54, 1.807) is 12.1 Å². The second-order valence-corrected chi connectivity index (χ2v) is 15.2. The highest BCUT2D eigenvalue weighted by Gasteiger charge is 2.46. The third-order valence-corrected chi connectivity index (χ3v) is 12.2. The Morgan fingerprint density at radius 1 is 0.733 bits per heavy atom. The lowest BCUT2D eigenvalue weighted by atomic mass is 9.84.